The summed E-state index contributed by atoms with van der Waals surface area (Å²) in [5.74, 6) is 0.462. The summed E-state index contributed by atoms with van der Waals surface area (Å²) in [7, 11) is 0. The highest BCUT2D eigenvalue weighted by molar-refractivity contribution is 9.09. The van der Waals surface area contributed by atoms with Gasteiger partial charge in [-0.2, -0.15) is 0 Å². The molecule has 0 radical (unpaired) electrons. The Kier molecular flexibility index (Phi) is 10.1. The van der Waals surface area contributed by atoms with E-state index in [1.165, 1.54) is 6.42 Å². The lowest BCUT2D eigenvalue weighted by molar-refractivity contribution is -0.126. The second-order valence-corrected chi connectivity index (χ2v) is 5.28. The second kappa shape index (κ2) is 10.1. The van der Waals surface area contributed by atoms with Crippen molar-refractivity contribution < 1.29 is 4.79 Å². The zero-order valence-electron chi connectivity index (χ0n) is 10.9. The maximum Gasteiger partial charge on any atom is 0.223 e. The monoisotopic (exact) mass is 291 g/mol. The largest absolute Gasteiger partial charge is 0.353 e. The van der Waals surface area contributed by atoms with Gasteiger partial charge in [0.2, 0.25) is 5.91 Å². The third-order valence-electron chi connectivity index (χ3n) is 2.93. The molecule has 3 heteroatoms. The smallest absolute Gasteiger partial charge is 0.223 e. The second-order valence-electron chi connectivity index (χ2n) is 4.49. The van der Waals surface area contributed by atoms with Gasteiger partial charge in [0.05, 0.1) is 0 Å². The molecule has 0 heterocycles. The van der Waals surface area contributed by atoms with Crippen LogP contribution in [0.3, 0.4) is 0 Å². The first-order valence-electron chi connectivity index (χ1n) is 6.52. The van der Waals surface area contributed by atoms with E-state index in [4.69, 9.17) is 0 Å². The van der Waals surface area contributed by atoms with E-state index < -0.39 is 0 Å². The van der Waals surface area contributed by atoms with Crippen LogP contribution in [0.25, 0.3) is 0 Å². The Labute approximate surface area is 109 Å². The summed E-state index contributed by atoms with van der Waals surface area (Å²) < 4.78 is 0. The number of nitrogens with one attached hydrogen (secondary N) is 1. The van der Waals surface area contributed by atoms with Crippen LogP contribution >= 0.6 is 15.9 Å². The normalized spacial score (nSPS) is 14.5. The minimum atomic E-state index is 0.214. The Morgan fingerprint density at radius 3 is 2.44 bits per heavy atom. The standard InChI is InChI=1S/C13H26BrNO/c1-4-6-9-12(5-2)13(16)15-11(3)8-7-10-14/h11-12H,4-10H2,1-3H3,(H,15,16). The molecule has 1 amide bonds. The predicted octanol–water partition coefficient (Wildman–Crippen LogP) is 3.88. The first kappa shape index (κ1) is 16.0. The summed E-state index contributed by atoms with van der Waals surface area (Å²) in [6, 6.07) is 0.306. The number of carbonyl (C=O) groups is 1. The van der Waals surface area contributed by atoms with Crippen molar-refractivity contribution in [1.29, 1.82) is 0 Å². The zero-order valence-corrected chi connectivity index (χ0v) is 12.5. The summed E-state index contributed by atoms with van der Waals surface area (Å²) in [5.41, 5.74) is 0. The number of carbonyl (C=O) groups excluding carboxylic acids is 1. The van der Waals surface area contributed by atoms with Gasteiger partial charge >= 0.3 is 0 Å². The van der Waals surface area contributed by atoms with Gasteiger partial charge in [-0.1, -0.05) is 42.6 Å². The molecule has 0 aromatic rings. The van der Waals surface area contributed by atoms with Crippen molar-refractivity contribution in [1.82, 2.24) is 5.32 Å². The van der Waals surface area contributed by atoms with Gasteiger partial charge in [-0.3, -0.25) is 4.79 Å². The Morgan fingerprint density at radius 1 is 1.25 bits per heavy atom. The van der Waals surface area contributed by atoms with Crippen LogP contribution in [-0.2, 0) is 4.79 Å². The third kappa shape index (κ3) is 7.26. The van der Waals surface area contributed by atoms with Gasteiger partial charge in [0.25, 0.3) is 0 Å². The van der Waals surface area contributed by atoms with Gasteiger partial charge in [0, 0.05) is 17.3 Å². The highest BCUT2D eigenvalue weighted by Crippen LogP contribution is 2.13. The number of rotatable bonds is 9. The van der Waals surface area contributed by atoms with E-state index in [0.717, 1.165) is 37.4 Å². The summed E-state index contributed by atoms with van der Waals surface area (Å²) in [6.45, 7) is 6.36. The molecule has 96 valence electrons. The Balaban J connectivity index is 3.89. The van der Waals surface area contributed by atoms with Crippen LogP contribution in [0.4, 0.5) is 0 Å². The summed E-state index contributed by atoms with van der Waals surface area (Å²) in [4.78, 5) is 11.9. The summed E-state index contributed by atoms with van der Waals surface area (Å²) >= 11 is 3.41. The van der Waals surface area contributed by atoms with Gasteiger partial charge in [0.1, 0.15) is 0 Å². The van der Waals surface area contributed by atoms with Crippen molar-refractivity contribution in [2.24, 2.45) is 5.92 Å². The number of halogens is 1. The van der Waals surface area contributed by atoms with Crippen LogP contribution in [0.2, 0.25) is 0 Å². The molecule has 2 atom stereocenters. The van der Waals surface area contributed by atoms with E-state index in [1.807, 2.05) is 0 Å². The SMILES string of the molecule is CCCCC(CC)C(=O)NC(C)CCCBr. The number of unbranched alkanes of at least 4 members (excludes halogenated alkanes) is 1. The molecule has 1 N–H and O–H groups in total. The number of amides is 1. The fourth-order valence-electron chi connectivity index (χ4n) is 1.79. The van der Waals surface area contributed by atoms with E-state index >= 15 is 0 Å². The average molecular weight is 292 g/mol. The minimum absolute atomic E-state index is 0.214. The average Bonchev–Trinajstić information content (AvgIpc) is 2.27. The highest BCUT2D eigenvalue weighted by Gasteiger charge is 2.17. The van der Waals surface area contributed by atoms with Gasteiger partial charge in [-0.15, -0.1) is 0 Å². The van der Waals surface area contributed by atoms with Crippen LogP contribution in [-0.4, -0.2) is 17.3 Å². The number of hydrogen-bond acceptors (Lipinski definition) is 1. The molecule has 0 spiro atoms. The van der Waals surface area contributed by atoms with E-state index in [1.54, 1.807) is 0 Å². The summed E-state index contributed by atoms with van der Waals surface area (Å²) in [6.07, 6.45) is 6.49. The van der Waals surface area contributed by atoms with Crippen LogP contribution in [0.5, 0.6) is 0 Å². The Bertz CT molecular complexity index is 185. The van der Waals surface area contributed by atoms with Crippen LogP contribution < -0.4 is 5.32 Å². The number of hydrogen-bond donors (Lipinski definition) is 1. The van der Waals surface area contributed by atoms with Gasteiger partial charge < -0.3 is 5.32 Å². The van der Waals surface area contributed by atoms with Crippen molar-refractivity contribution in [3.63, 3.8) is 0 Å². The van der Waals surface area contributed by atoms with Crippen LogP contribution in [0.1, 0.15) is 59.3 Å². The molecule has 0 bridgehead atoms. The molecular formula is C13H26BrNO. The molecule has 0 aliphatic heterocycles. The fourth-order valence-corrected chi connectivity index (χ4v) is 2.11. The molecular weight excluding hydrogens is 266 g/mol. The summed E-state index contributed by atoms with van der Waals surface area (Å²) in [5, 5.41) is 4.13. The molecule has 2 nitrogen and oxygen atoms in total. The van der Waals surface area contributed by atoms with Gasteiger partial charge in [-0.05, 0) is 32.6 Å². The highest BCUT2D eigenvalue weighted by atomic mass is 79.9. The van der Waals surface area contributed by atoms with Crippen molar-refractivity contribution >= 4 is 21.8 Å². The zero-order chi connectivity index (χ0) is 12.4. The van der Waals surface area contributed by atoms with Crippen LogP contribution in [0, 0.1) is 5.92 Å². The molecule has 0 aliphatic rings. The van der Waals surface area contributed by atoms with E-state index in [2.05, 4.69) is 42.0 Å². The number of alkyl halides is 1. The maximum absolute atomic E-state index is 11.9. The molecule has 0 saturated carbocycles. The van der Waals surface area contributed by atoms with E-state index in [0.29, 0.717) is 6.04 Å². The molecule has 16 heavy (non-hydrogen) atoms. The molecule has 0 aromatic heterocycles. The quantitative estimate of drug-likeness (QED) is 0.642. The molecule has 0 fully saturated rings. The van der Waals surface area contributed by atoms with Gasteiger partial charge in [0.15, 0.2) is 0 Å². The van der Waals surface area contributed by atoms with Gasteiger partial charge in [-0.25, -0.2) is 0 Å². The lowest BCUT2D eigenvalue weighted by atomic mass is 9.98. The van der Waals surface area contributed by atoms with Crippen molar-refractivity contribution in [3.8, 4) is 0 Å². The molecule has 0 rings (SSSR count). The van der Waals surface area contributed by atoms with Crippen molar-refractivity contribution in [3.05, 3.63) is 0 Å². The predicted molar refractivity (Wildman–Crippen MR) is 73.9 cm³/mol. The Morgan fingerprint density at radius 2 is 1.94 bits per heavy atom. The van der Waals surface area contributed by atoms with E-state index in [9.17, 15) is 4.79 Å². The molecule has 0 aromatic carbocycles. The lowest BCUT2D eigenvalue weighted by Gasteiger charge is -2.18. The van der Waals surface area contributed by atoms with E-state index in [-0.39, 0.29) is 11.8 Å². The van der Waals surface area contributed by atoms with Crippen LogP contribution in [0.15, 0.2) is 0 Å². The first-order chi connectivity index (χ1) is 7.65. The minimum Gasteiger partial charge on any atom is -0.353 e. The maximum atomic E-state index is 11.9. The first-order valence-corrected chi connectivity index (χ1v) is 7.64. The third-order valence-corrected chi connectivity index (χ3v) is 3.49. The topological polar surface area (TPSA) is 29.1 Å². The molecule has 0 aliphatic carbocycles. The molecule has 0 saturated heterocycles. The molecule has 2 unspecified atom stereocenters. The van der Waals surface area contributed by atoms with Crippen molar-refractivity contribution in [2.45, 2.75) is 65.3 Å². The Hall–Kier alpha value is -0.0500. The fraction of sp³-hybridized carbons (Fsp3) is 0.923. The lowest BCUT2D eigenvalue weighted by Crippen LogP contribution is -2.37. The van der Waals surface area contributed by atoms with Crippen molar-refractivity contribution in [2.75, 3.05) is 5.33 Å².